The van der Waals surface area contributed by atoms with Gasteiger partial charge in [0.05, 0.1) is 11.4 Å². The van der Waals surface area contributed by atoms with Crippen LogP contribution in [-0.2, 0) is 13.1 Å². The summed E-state index contributed by atoms with van der Waals surface area (Å²) in [6, 6.07) is 3.54. The molecule has 0 bridgehead atoms. The first-order valence-electron chi connectivity index (χ1n) is 6.06. The number of aromatic nitrogens is 2. The molecule has 8 heteroatoms. The van der Waals surface area contributed by atoms with Crippen LogP contribution in [0.1, 0.15) is 20.4 Å². The molecule has 7 nitrogen and oxygen atoms in total. The summed E-state index contributed by atoms with van der Waals surface area (Å²) in [4.78, 5) is 20.2. The molecule has 2 aromatic rings. The number of rotatable bonds is 6. The first kappa shape index (κ1) is 14.1. The van der Waals surface area contributed by atoms with E-state index in [1.165, 1.54) is 11.3 Å². The van der Waals surface area contributed by atoms with Crippen LogP contribution in [0.25, 0.3) is 10.4 Å². The molecule has 0 fully saturated rings. The van der Waals surface area contributed by atoms with E-state index in [1.54, 1.807) is 18.3 Å². The fourth-order valence-corrected chi connectivity index (χ4v) is 2.55. The molecule has 0 unspecified atom stereocenters. The van der Waals surface area contributed by atoms with Crippen molar-refractivity contribution < 1.29 is 4.79 Å². The molecule has 0 aliphatic rings. The predicted molar refractivity (Wildman–Crippen MR) is 76.5 cm³/mol. The molecule has 0 aliphatic heterocycles. The number of azide groups is 1. The van der Waals surface area contributed by atoms with Crippen LogP contribution in [-0.4, -0.2) is 22.0 Å². The van der Waals surface area contributed by atoms with E-state index in [0.29, 0.717) is 18.0 Å². The lowest BCUT2D eigenvalue weighted by atomic mass is 10.4. The Kier molecular flexibility index (Phi) is 4.75. The number of hydrogen-bond acceptors (Lipinski definition) is 4. The lowest BCUT2D eigenvalue weighted by Crippen LogP contribution is -2.26. The van der Waals surface area contributed by atoms with Gasteiger partial charge in [-0.15, -0.1) is 11.3 Å². The maximum absolute atomic E-state index is 11.9. The van der Waals surface area contributed by atoms with Crippen molar-refractivity contribution in [3.05, 3.63) is 50.5 Å². The Morgan fingerprint density at radius 1 is 1.60 bits per heavy atom. The van der Waals surface area contributed by atoms with E-state index in [0.717, 1.165) is 10.7 Å². The topological polar surface area (TPSA) is 95.7 Å². The summed E-state index contributed by atoms with van der Waals surface area (Å²) in [7, 11) is 0. The van der Waals surface area contributed by atoms with Crippen molar-refractivity contribution in [3.8, 4) is 0 Å². The highest BCUT2D eigenvalue weighted by atomic mass is 32.1. The molecule has 2 rings (SSSR count). The zero-order chi connectivity index (χ0) is 14.4. The summed E-state index contributed by atoms with van der Waals surface area (Å²) < 4.78 is 1.97. The van der Waals surface area contributed by atoms with Gasteiger partial charge in [-0.25, -0.2) is 4.98 Å². The van der Waals surface area contributed by atoms with E-state index in [9.17, 15) is 4.79 Å². The first-order valence-corrected chi connectivity index (χ1v) is 6.88. The zero-order valence-electron chi connectivity index (χ0n) is 11.0. The lowest BCUT2D eigenvalue weighted by molar-refractivity contribution is 0.0956. The largest absolute Gasteiger partial charge is 0.350 e. The molecule has 1 N–H and O–H groups in total. The Balaban J connectivity index is 1.84. The molecule has 0 atom stereocenters. The highest BCUT2D eigenvalue weighted by molar-refractivity contribution is 7.14. The molecule has 104 valence electrons. The number of nitrogens with zero attached hydrogens (tertiary/aromatic N) is 5. The van der Waals surface area contributed by atoms with Crippen molar-refractivity contribution in [2.45, 2.75) is 20.0 Å². The highest BCUT2D eigenvalue weighted by Gasteiger charge is 2.08. The lowest BCUT2D eigenvalue weighted by Gasteiger charge is -2.06. The van der Waals surface area contributed by atoms with Crippen LogP contribution in [0.15, 0.2) is 29.6 Å². The van der Waals surface area contributed by atoms with Crippen molar-refractivity contribution in [2.75, 3.05) is 6.54 Å². The Hall–Kier alpha value is -2.31. The van der Waals surface area contributed by atoms with Crippen LogP contribution in [0, 0.1) is 6.92 Å². The number of aryl methyl sites for hydroxylation is 1. The third-order valence-electron chi connectivity index (χ3n) is 2.74. The van der Waals surface area contributed by atoms with Gasteiger partial charge in [0.1, 0.15) is 5.82 Å². The third kappa shape index (κ3) is 3.59. The van der Waals surface area contributed by atoms with E-state index in [-0.39, 0.29) is 12.5 Å². The predicted octanol–water partition coefficient (Wildman–Crippen LogP) is 2.49. The summed E-state index contributed by atoms with van der Waals surface area (Å²) in [6.45, 7) is 3.43. The number of imidazole rings is 1. The minimum absolute atomic E-state index is 0.111. The van der Waals surface area contributed by atoms with Gasteiger partial charge in [0.15, 0.2) is 0 Å². The fraction of sp³-hybridized carbons (Fsp3) is 0.333. The minimum atomic E-state index is -0.111. The number of thiophene rings is 1. The van der Waals surface area contributed by atoms with E-state index < -0.39 is 0 Å². The molecule has 0 saturated heterocycles. The second kappa shape index (κ2) is 6.74. The molecule has 0 spiro atoms. The van der Waals surface area contributed by atoms with E-state index in [4.69, 9.17) is 5.53 Å². The molecule has 2 heterocycles. The number of carbonyl (C=O) groups excluding carboxylic acids is 1. The monoisotopic (exact) mass is 290 g/mol. The van der Waals surface area contributed by atoms with Crippen LogP contribution < -0.4 is 5.32 Å². The molecule has 1 amide bonds. The molecule has 0 radical (unpaired) electrons. The fourth-order valence-electron chi connectivity index (χ4n) is 1.70. The van der Waals surface area contributed by atoms with Crippen LogP contribution in [0.3, 0.4) is 0 Å². The summed E-state index contributed by atoms with van der Waals surface area (Å²) in [5.41, 5.74) is 8.25. The number of hydrogen-bond donors (Lipinski definition) is 1. The maximum atomic E-state index is 11.9. The summed E-state index contributed by atoms with van der Waals surface area (Å²) in [5, 5.41) is 6.32. The van der Waals surface area contributed by atoms with Gasteiger partial charge in [0.25, 0.3) is 5.91 Å². The molecular weight excluding hydrogens is 276 g/mol. The average molecular weight is 290 g/mol. The first-order chi connectivity index (χ1) is 9.70. The summed E-state index contributed by atoms with van der Waals surface area (Å²) in [5.74, 6) is 0.812. The molecule has 20 heavy (non-hydrogen) atoms. The van der Waals surface area contributed by atoms with Gasteiger partial charge in [0, 0.05) is 35.3 Å². The summed E-state index contributed by atoms with van der Waals surface area (Å²) in [6.07, 6.45) is 3.61. The van der Waals surface area contributed by atoms with Gasteiger partial charge < -0.3 is 9.88 Å². The Morgan fingerprint density at radius 3 is 3.15 bits per heavy atom. The van der Waals surface area contributed by atoms with Crippen molar-refractivity contribution in [1.29, 1.82) is 0 Å². The van der Waals surface area contributed by atoms with Gasteiger partial charge in [-0.2, -0.15) is 0 Å². The van der Waals surface area contributed by atoms with Gasteiger partial charge >= 0.3 is 0 Å². The van der Waals surface area contributed by atoms with E-state index in [2.05, 4.69) is 20.3 Å². The number of carbonyl (C=O) groups is 1. The standard InChI is InChI=1S/C12H14N6OS/c1-9-14-4-6-18(9)7-5-15-12(19)11-3-2-10(20-11)8-16-17-13/h2-4,6H,5,7-8H2,1H3,(H,15,19). The van der Waals surface area contributed by atoms with Crippen LogP contribution in [0.2, 0.25) is 0 Å². The van der Waals surface area contributed by atoms with Crippen LogP contribution in [0.4, 0.5) is 0 Å². The molecule has 0 aliphatic carbocycles. The zero-order valence-corrected chi connectivity index (χ0v) is 11.8. The van der Waals surface area contributed by atoms with Gasteiger partial charge in [-0.1, -0.05) is 5.11 Å². The van der Waals surface area contributed by atoms with Crippen molar-refractivity contribution in [1.82, 2.24) is 14.9 Å². The van der Waals surface area contributed by atoms with Crippen molar-refractivity contribution >= 4 is 17.2 Å². The quantitative estimate of drug-likeness (QED) is 0.502. The van der Waals surface area contributed by atoms with Gasteiger partial charge in [-0.3, -0.25) is 4.79 Å². The molecule has 0 aromatic carbocycles. The van der Waals surface area contributed by atoms with Crippen LogP contribution >= 0.6 is 11.3 Å². The van der Waals surface area contributed by atoms with Crippen LogP contribution in [0.5, 0.6) is 0 Å². The van der Waals surface area contributed by atoms with Gasteiger partial charge in [-0.05, 0) is 24.6 Å². The number of amides is 1. The maximum Gasteiger partial charge on any atom is 0.261 e. The SMILES string of the molecule is Cc1nccn1CCNC(=O)c1ccc(CN=[N+]=[N-])s1. The Bertz CT molecular complexity index is 640. The molecular formula is C12H14N6OS. The highest BCUT2D eigenvalue weighted by Crippen LogP contribution is 2.17. The Morgan fingerprint density at radius 2 is 2.45 bits per heavy atom. The average Bonchev–Trinajstić information content (AvgIpc) is 3.06. The van der Waals surface area contributed by atoms with E-state index in [1.807, 2.05) is 17.7 Å². The summed E-state index contributed by atoms with van der Waals surface area (Å²) >= 11 is 1.34. The minimum Gasteiger partial charge on any atom is -0.350 e. The smallest absolute Gasteiger partial charge is 0.261 e. The number of nitrogens with one attached hydrogen (secondary N) is 1. The molecule has 2 aromatic heterocycles. The second-order valence-electron chi connectivity index (χ2n) is 4.08. The molecule has 0 saturated carbocycles. The van der Waals surface area contributed by atoms with E-state index >= 15 is 0 Å². The van der Waals surface area contributed by atoms with Crippen molar-refractivity contribution in [3.63, 3.8) is 0 Å². The van der Waals surface area contributed by atoms with Gasteiger partial charge in [0.2, 0.25) is 0 Å². The third-order valence-corrected chi connectivity index (χ3v) is 3.81. The second-order valence-corrected chi connectivity index (χ2v) is 5.25. The Labute approximate surface area is 119 Å². The normalized spacial score (nSPS) is 10.1. The van der Waals surface area contributed by atoms with Crippen molar-refractivity contribution in [2.24, 2.45) is 5.11 Å².